The first kappa shape index (κ1) is 17.3. The third-order valence-electron chi connectivity index (χ3n) is 5.15. The van der Waals surface area contributed by atoms with Crippen LogP contribution in [0, 0.1) is 5.92 Å². The van der Waals surface area contributed by atoms with Gasteiger partial charge in [-0.3, -0.25) is 4.79 Å². The molecule has 4 heteroatoms. The Kier molecular flexibility index (Phi) is 6.27. The van der Waals surface area contributed by atoms with Crippen LogP contribution in [0.15, 0.2) is 30.3 Å². The van der Waals surface area contributed by atoms with E-state index in [1.165, 1.54) is 18.4 Å². The predicted molar refractivity (Wildman–Crippen MR) is 92.3 cm³/mol. The number of hydrogen-bond acceptors (Lipinski definition) is 2. The second-order valence-electron chi connectivity index (χ2n) is 6.51. The molecule has 3 atom stereocenters. The van der Waals surface area contributed by atoms with E-state index in [4.69, 9.17) is 0 Å². The first-order chi connectivity index (χ1) is 10.3. The minimum Gasteiger partial charge on any atom is -0.338 e. The van der Waals surface area contributed by atoms with Gasteiger partial charge in [0, 0.05) is 12.6 Å². The zero-order chi connectivity index (χ0) is 14.7. The molecule has 0 aromatic heterocycles. The third-order valence-corrected chi connectivity index (χ3v) is 5.15. The number of rotatable bonds is 3. The molecule has 2 aliphatic heterocycles. The van der Waals surface area contributed by atoms with E-state index in [0.29, 0.717) is 17.9 Å². The molecule has 1 aromatic rings. The maximum absolute atomic E-state index is 12.7. The molecule has 22 heavy (non-hydrogen) atoms. The lowest BCUT2D eigenvalue weighted by atomic mass is 9.93. The summed E-state index contributed by atoms with van der Waals surface area (Å²) in [6, 6.07) is 11.1. The molecule has 2 saturated heterocycles. The second-order valence-corrected chi connectivity index (χ2v) is 6.51. The van der Waals surface area contributed by atoms with Crippen LogP contribution in [-0.2, 0) is 11.2 Å². The van der Waals surface area contributed by atoms with Crippen LogP contribution < -0.4 is 5.32 Å². The molecule has 2 fully saturated rings. The smallest absolute Gasteiger partial charge is 0.239 e. The van der Waals surface area contributed by atoms with Gasteiger partial charge in [-0.1, -0.05) is 36.8 Å². The molecule has 1 aromatic carbocycles. The molecule has 0 bridgehead atoms. The minimum atomic E-state index is 0. The van der Waals surface area contributed by atoms with E-state index in [2.05, 4.69) is 47.5 Å². The lowest BCUT2D eigenvalue weighted by molar-refractivity contribution is -0.134. The molecule has 0 aliphatic carbocycles. The van der Waals surface area contributed by atoms with Crippen molar-refractivity contribution in [1.82, 2.24) is 10.2 Å². The van der Waals surface area contributed by atoms with E-state index in [9.17, 15) is 4.79 Å². The van der Waals surface area contributed by atoms with Gasteiger partial charge in [0.2, 0.25) is 5.91 Å². The SMILES string of the molecule is CC1C(Cc2ccccc2)CCN1C(=O)C1CCCCN1.Cl. The van der Waals surface area contributed by atoms with E-state index in [1.54, 1.807) is 0 Å². The van der Waals surface area contributed by atoms with Crippen molar-refractivity contribution in [3.05, 3.63) is 35.9 Å². The largest absolute Gasteiger partial charge is 0.338 e. The van der Waals surface area contributed by atoms with Crippen LogP contribution in [0.2, 0.25) is 0 Å². The quantitative estimate of drug-likeness (QED) is 0.927. The maximum Gasteiger partial charge on any atom is 0.239 e. The maximum atomic E-state index is 12.7. The summed E-state index contributed by atoms with van der Waals surface area (Å²) < 4.78 is 0. The molecule has 0 radical (unpaired) electrons. The highest BCUT2D eigenvalue weighted by molar-refractivity contribution is 5.85. The van der Waals surface area contributed by atoms with Gasteiger partial charge in [-0.2, -0.15) is 0 Å². The van der Waals surface area contributed by atoms with Gasteiger partial charge in [-0.25, -0.2) is 0 Å². The van der Waals surface area contributed by atoms with Crippen molar-refractivity contribution in [2.75, 3.05) is 13.1 Å². The lowest BCUT2D eigenvalue weighted by Crippen LogP contribution is -2.50. The summed E-state index contributed by atoms with van der Waals surface area (Å²) >= 11 is 0. The normalized spacial score (nSPS) is 28.2. The third kappa shape index (κ3) is 3.82. The number of amides is 1. The fraction of sp³-hybridized carbons (Fsp3) is 0.611. The fourth-order valence-electron chi connectivity index (χ4n) is 3.77. The van der Waals surface area contributed by atoms with Crippen molar-refractivity contribution in [2.24, 2.45) is 5.92 Å². The topological polar surface area (TPSA) is 32.3 Å². The van der Waals surface area contributed by atoms with Crippen LogP contribution in [0.25, 0.3) is 0 Å². The lowest BCUT2D eigenvalue weighted by Gasteiger charge is -2.31. The molecule has 3 rings (SSSR count). The Hall–Kier alpha value is -1.06. The van der Waals surface area contributed by atoms with Crippen molar-refractivity contribution in [2.45, 2.75) is 51.1 Å². The number of carbonyl (C=O) groups excluding carboxylic acids is 1. The number of piperidine rings is 1. The number of benzene rings is 1. The van der Waals surface area contributed by atoms with Gasteiger partial charge in [0.25, 0.3) is 0 Å². The van der Waals surface area contributed by atoms with Crippen molar-refractivity contribution in [3.63, 3.8) is 0 Å². The monoisotopic (exact) mass is 322 g/mol. The molecule has 122 valence electrons. The Bertz CT molecular complexity index is 473. The number of carbonyl (C=O) groups is 1. The summed E-state index contributed by atoms with van der Waals surface area (Å²) in [5.74, 6) is 0.928. The molecule has 1 N–H and O–H groups in total. The highest BCUT2D eigenvalue weighted by Crippen LogP contribution is 2.28. The summed E-state index contributed by atoms with van der Waals surface area (Å²) in [6.07, 6.45) is 5.61. The average Bonchev–Trinajstić information content (AvgIpc) is 2.89. The molecule has 0 saturated carbocycles. The van der Waals surface area contributed by atoms with E-state index in [0.717, 1.165) is 32.4 Å². The number of nitrogens with one attached hydrogen (secondary N) is 1. The van der Waals surface area contributed by atoms with Crippen LogP contribution in [0.3, 0.4) is 0 Å². The van der Waals surface area contributed by atoms with Crippen molar-refractivity contribution < 1.29 is 4.79 Å². The first-order valence-electron chi connectivity index (χ1n) is 8.33. The number of hydrogen-bond donors (Lipinski definition) is 1. The minimum absolute atomic E-state index is 0. The molecule has 2 aliphatic rings. The van der Waals surface area contributed by atoms with Crippen LogP contribution in [0.5, 0.6) is 0 Å². The van der Waals surface area contributed by atoms with Crippen LogP contribution >= 0.6 is 12.4 Å². The van der Waals surface area contributed by atoms with Gasteiger partial charge in [-0.05, 0) is 50.6 Å². The average molecular weight is 323 g/mol. The van der Waals surface area contributed by atoms with E-state index in [-0.39, 0.29) is 18.4 Å². The van der Waals surface area contributed by atoms with Gasteiger partial charge < -0.3 is 10.2 Å². The molecular weight excluding hydrogens is 296 g/mol. The Balaban J connectivity index is 0.00000176. The first-order valence-corrected chi connectivity index (χ1v) is 8.33. The summed E-state index contributed by atoms with van der Waals surface area (Å²) in [5.41, 5.74) is 1.39. The van der Waals surface area contributed by atoms with Gasteiger partial charge in [-0.15, -0.1) is 12.4 Å². The van der Waals surface area contributed by atoms with Crippen molar-refractivity contribution in [1.29, 1.82) is 0 Å². The van der Waals surface area contributed by atoms with Crippen molar-refractivity contribution >= 4 is 18.3 Å². The van der Waals surface area contributed by atoms with E-state index >= 15 is 0 Å². The van der Waals surface area contributed by atoms with E-state index in [1.807, 2.05) is 0 Å². The number of nitrogens with zero attached hydrogens (tertiary/aromatic N) is 1. The standard InChI is InChI=1S/C18H26N2O.ClH/c1-14-16(13-15-7-3-2-4-8-15)10-12-20(14)18(21)17-9-5-6-11-19-17;/h2-4,7-8,14,16-17,19H,5-6,9-13H2,1H3;1H. The molecule has 3 unspecified atom stereocenters. The zero-order valence-electron chi connectivity index (χ0n) is 13.3. The van der Waals surface area contributed by atoms with Crippen LogP contribution in [0.1, 0.15) is 38.2 Å². The molecule has 0 spiro atoms. The molecular formula is C18H27ClN2O. The summed E-state index contributed by atoms with van der Waals surface area (Å²) in [4.78, 5) is 14.8. The Labute approximate surface area is 139 Å². The van der Waals surface area contributed by atoms with Gasteiger partial charge in [0.1, 0.15) is 0 Å². The van der Waals surface area contributed by atoms with Gasteiger partial charge in [0.15, 0.2) is 0 Å². The van der Waals surface area contributed by atoms with Gasteiger partial charge >= 0.3 is 0 Å². The fourth-order valence-corrected chi connectivity index (χ4v) is 3.77. The predicted octanol–water partition coefficient (Wildman–Crippen LogP) is 3.03. The molecule has 1 amide bonds. The van der Waals surface area contributed by atoms with Crippen molar-refractivity contribution in [3.8, 4) is 0 Å². The summed E-state index contributed by atoms with van der Waals surface area (Å²) in [5, 5.41) is 3.39. The highest BCUT2D eigenvalue weighted by Gasteiger charge is 2.36. The second kappa shape index (κ2) is 7.98. The number of likely N-dealkylation sites (tertiary alicyclic amines) is 1. The van der Waals surface area contributed by atoms with Gasteiger partial charge in [0.05, 0.1) is 6.04 Å². The Morgan fingerprint density at radius 2 is 2.00 bits per heavy atom. The summed E-state index contributed by atoms with van der Waals surface area (Å²) in [7, 11) is 0. The molecule has 2 heterocycles. The molecule has 3 nitrogen and oxygen atoms in total. The van der Waals surface area contributed by atoms with Crippen LogP contribution in [-0.4, -0.2) is 36.0 Å². The Morgan fingerprint density at radius 3 is 2.68 bits per heavy atom. The highest BCUT2D eigenvalue weighted by atomic mass is 35.5. The summed E-state index contributed by atoms with van der Waals surface area (Å²) in [6.45, 7) is 4.14. The van der Waals surface area contributed by atoms with E-state index < -0.39 is 0 Å². The zero-order valence-corrected chi connectivity index (χ0v) is 14.1. The Morgan fingerprint density at radius 1 is 1.23 bits per heavy atom. The van der Waals surface area contributed by atoms with Crippen LogP contribution in [0.4, 0.5) is 0 Å². The number of halogens is 1.